The SMILES string of the molecule is CCO[Si](C)(C)CCCOC1COC1. The van der Waals surface area contributed by atoms with Crippen molar-refractivity contribution in [2.24, 2.45) is 0 Å². The van der Waals surface area contributed by atoms with Crippen LogP contribution in [-0.2, 0) is 13.9 Å². The smallest absolute Gasteiger partial charge is 0.186 e. The quantitative estimate of drug-likeness (QED) is 0.483. The molecule has 0 bridgehead atoms. The van der Waals surface area contributed by atoms with Gasteiger partial charge in [-0.2, -0.15) is 0 Å². The van der Waals surface area contributed by atoms with Gasteiger partial charge < -0.3 is 13.9 Å². The molecule has 1 aliphatic heterocycles. The van der Waals surface area contributed by atoms with Crippen LogP contribution in [0.25, 0.3) is 0 Å². The molecule has 3 nitrogen and oxygen atoms in total. The summed E-state index contributed by atoms with van der Waals surface area (Å²) in [6.45, 7) is 9.87. The minimum absolute atomic E-state index is 0.367. The molecule has 0 unspecified atom stereocenters. The van der Waals surface area contributed by atoms with Gasteiger partial charge in [0.15, 0.2) is 8.32 Å². The first kappa shape index (κ1) is 12.2. The van der Waals surface area contributed by atoms with Gasteiger partial charge in [0, 0.05) is 13.2 Å². The molecular weight excluding hydrogens is 196 g/mol. The summed E-state index contributed by atoms with van der Waals surface area (Å²) in [6, 6.07) is 1.19. The number of rotatable bonds is 7. The molecule has 1 fully saturated rings. The third-order valence-corrected chi connectivity index (χ3v) is 5.05. The Morgan fingerprint density at radius 3 is 2.57 bits per heavy atom. The molecule has 4 heteroatoms. The lowest BCUT2D eigenvalue weighted by molar-refractivity contribution is -0.129. The lowest BCUT2D eigenvalue weighted by atomic mass is 10.3. The van der Waals surface area contributed by atoms with Crippen LogP contribution in [0.1, 0.15) is 13.3 Å². The van der Waals surface area contributed by atoms with Gasteiger partial charge in [-0.15, -0.1) is 0 Å². The van der Waals surface area contributed by atoms with E-state index in [0.29, 0.717) is 6.10 Å². The van der Waals surface area contributed by atoms with E-state index in [-0.39, 0.29) is 0 Å². The van der Waals surface area contributed by atoms with Crippen molar-refractivity contribution in [3.8, 4) is 0 Å². The van der Waals surface area contributed by atoms with Gasteiger partial charge in [-0.3, -0.25) is 0 Å². The number of hydrogen-bond acceptors (Lipinski definition) is 3. The fraction of sp³-hybridized carbons (Fsp3) is 1.00. The predicted molar refractivity (Wildman–Crippen MR) is 59.1 cm³/mol. The van der Waals surface area contributed by atoms with Gasteiger partial charge in [-0.05, 0) is 32.5 Å². The minimum atomic E-state index is -1.38. The van der Waals surface area contributed by atoms with E-state index < -0.39 is 8.32 Å². The lowest BCUT2D eigenvalue weighted by Crippen LogP contribution is -2.36. The maximum Gasteiger partial charge on any atom is 0.186 e. The molecular formula is C10H22O3Si. The van der Waals surface area contributed by atoms with E-state index in [4.69, 9.17) is 13.9 Å². The largest absolute Gasteiger partial charge is 0.418 e. The zero-order valence-corrected chi connectivity index (χ0v) is 10.5. The molecule has 0 atom stereocenters. The molecule has 0 spiro atoms. The van der Waals surface area contributed by atoms with Gasteiger partial charge >= 0.3 is 0 Å². The van der Waals surface area contributed by atoms with E-state index >= 15 is 0 Å². The fourth-order valence-corrected chi connectivity index (χ4v) is 3.44. The Labute approximate surface area is 87.9 Å². The van der Waals surface area contributed by atoms with Crippen LogP contribution < -0.4 is 0 Å². The van der Waals surface area contributed by atoms with Crippen molar-refractivity contribution in [3.63, 3.8) is 0 Å². The average molecular weight is 218 g/mol. The monoisotopic (exact) mass is 218 g/mol. The molecule has 1 rings (SSSR count). The summed E-state index contributed by atoms with van der Waals surface area (Å²) in [7, 11) is -1.38. The van der Waals surface area contributed by atoms with Crippen molar-refractivity contribution < 1.29 is 13.9 Å². The first-order valence-corrected chi connectivity index (χ1v) is 8.59. The highest BCUT2D eigenvalue weighted by molar-refractivity contribution is 6.71. The average Bonchev–Trinajstić information content (AvgIpc) is 2.00. The minimum Gasteiger partial charge on any atom is -0.418 e. The van der Waals surface area contributed by atoms with Crippen LogP contribution in [0, 0.1) is 0 Å². The molecule has 0 radical (unpaired) electrons. The second-order valence-electron chi connectivity index (χ2n) is 4.33. The Bertz CT molecular complexity index is 157. The van der Waals surface area contributed by atoms with Crippen molar-refractivity contribution in [3.05, 3.63) is 0 Å². The summed E-state index contributed by atoms with van der Waals surface area (Å²) in [5.41, 5.74) is 0. The van der Waals surface area contributed by atoms with Gasteiger partial charge in [0.1, 0.15) is 6.10 Å². The molecule has 0 aliphatic carbocycles. The van der Waals surface area contributed by atoms with Crippen molar-refractivity contribution in [2.45, 2.75) is 38.6 Å². The van der Waals surface area contributed by atoms with E-state index in [2.05, 4.69) is 20.0 Å². The second kappa shape index (κ2) is 5.85. The third kappa shape index (κ3) is 4.55. The molecule has 0 aromatic heterocycles. The van der Waals surface area contributed by atoms with E-state index in [0.717, 1.165) is 32.8 Å². The summed E-state index contributed by atoms with van der Waals surface area (Å²) in [4.78, 5) is 0. The highest BCUT2D eigenvalue weighted by Crippen LogP contribution is 2.14. The Kier molecular flexibility index (Phi) is 5.09. The van der Waals surface area contributed by atoms with Crippen LogP contribution in [-0.4, -0.2) is 40.8 Å². The van der Waals surface area contributed by atoms with Crippen molar-refractivity contribution in [1.29, 1.82) is 0 Å². The molecule has 0 N–H and O–H groups in total. The topological polar surface area (TPSA) is 27.7 Å². The molecule has 1 heterocycles. The van der Waals surface area contributed by atoms with Crippen LogP contribution in [0.4, 0.5) is 0 Å². The van der Waals surface area contributed by atoms with Crippen molar-refractivity contribution >= 4 is 8.32 Å². The lowest BCUT2D eigenvalue weighted by Gasteiger charge is -2.27. The van der Waals surface area contributed by atoms with Gasteiger partial charge in [0.25, 0.3) is 0 Å². The van der Waals surface area contributed by atoms with Crippen LogP contribution in [0.3, 0.4) is 0 Å². The zero-order chi connectivity index (χ0) is 10.4. The molecule has 1 aliphatic rings. The zero-order valence-electron chi connectivity index (χ0n) is 9.54. The first-order valence-electron chi connectivity index (χ1n) is 5.47. The summed E-state index contributed by atoms with van der Waals surface area (Å²) < 4.78 is 16.4. The molecule has 0 aromatic rings. The third-order valence-electron chi connectivity index (χ3n) is 2.42. The Morgan fingerprint density at radius 1 is 1.36 bits per heavy atom. The van der Waals surface area contributed by atoms with Gasteiger partial charge in [0.05, 0.1) is 13.2 Å². The van der Waals surface area contributed by atoms with Crippen molar-refractivity contribution in [1.82, 2.24) is 0 Å². The standard InChI is InChI=1S/C10H22O3Si/c1-4-13-14(2,3)7-5-6-12-10-8-11-9-10/h10H,4-9H2,1-3H3. The normalized spacial score (nSPS) is 18.2. The molecule has 0 saturated carbocycles. The van der Waals surface area contributed by atoms with E-state index in [1.165, 1.54) is 6.04 Å². The number of ether oxygens (including phenoxy) is 2. The highest BCUT2D eigenvalue weighted by atomic mass is 28.4. The second-order valence-corrected chi connectivity index (χ2v) is 8.63. The fourth-order valence-electron chi connectivity index (χ4n) is 1.52. The molecule has 0 amide bonds. The Morgan fingerprint density at radius 2 is 2.07 bits per heavy atom. The van der Waals surface area contributed by atoms with Gasteiger partial charge in [-0.25, -0.2) is 0 Å². The molecule has 14 heavy (non-hydrogen) atoms. The highest BCUT2D eigenvalue weighted by Gasteiger charge is 2.22. The maximum absolute atomic E-state index is 5.74. The van der Waals surface area contributed by atoms with Crippen molar-refractivity contribution in [2.75, 3.05) is 26.4 Å². The van der Waals surface area contributed by atoms with Gasteiger partial charge in [0.2, 0.25) is 0 Å². The molecule has 1 saturated heterocycles. The van der Waals surface area contributed by atoms with Gasteiger partial charge in [-0.1, -0.05) is 0 Å². The Hall–Kier alpha value is 0.0969. The Balaban J connectivity index is 1.96. The molecule has 0 aromatic carbocycles. The summed E-state index contributed by atoms with van der Waals surface area (Å²) in [5, 5.41) is 0. The van der Waals surface area contributed by atoms with Crippen LogP contribution in [0.2, 0.25) is 19.1 Å². The summed E-state index contributed by atoms with van der Waals surface area (Å²) in [5.74, 6) is 0. The van der Waals surface area contributed by atoms with E-state index in [9.17, 15) is 0 Å². The van der Waals surface area contributed by atoms with E-state index in [1.54, 1.807) is 0 Å². The summed E-state index contributed by atoms with van der Waals surface area (Å²) >= 11 is 0. The van der Waals surface area contributed by atoms with Crippen LogP contribution >= 0.6 is 0 Å². The molecule has 84 valence electrons. The summed E-state index contributed by atoms with van der Waals surface area (Å²) in [6.07, 6.45) is 1.49. The van der Waals surface area contributed by atoms with E-state index in [1.807, 2.05) is 0 Å². The van der Waals surface area contributed by atoms with Crippen LogP contribution in [0.15, 0.2) is 0 Å². The number of hydrogen-bond donors (Lipinski definition) is 0. The maximum atomic E-state index is 5.74. The van der Waals surface area contributed by atoms with Crippen LogP contribution in [0.5, 0.6) is 0 Å². The first-order chi connectivity index (χ1) is 6.64. The predicted octanol–water partition coefficient (Wildman–Crippen LogP) is 2.03.